The fourth-order valence-corrected chi connectivity index (χ4v) is 2.11. The van der Waals surface area contributed by atoms with Crippen LogP contribution >= 0.6 is 0 Å². The zero-order valence-corrected chi connectivity index (χ0v) is 12.0. The third kappa shape index (κ3) is 3.51. The molecular weight excluding hydrogens is 269 g/mol. The molecule has 4 N–H and O–H groups in total. The molecule has 2 aromatic rings. The Morgan fingerprint density at radius 3 is 2.71 bits per heavy atom. The number of benzene rings is 2. The van der Waals surface area contributed by atoms with E-state index in [0.29, 0.717) is 12.1 Å². The van der Waals surface area contributed by atoms with Crippen molar-refractivity contribution in [2.45, 2.75) is 20.4 Å². The van der Waals surface area contributed by atoms with Crippen LogP contribution in [0.1, 0.15) is 22.3 Å². The summed E-state index contributed by atoms with van der Waals surface area (Å²) in [6.45, 7) is 4.48. The molecule has 0 radical (unpaired) electrons. The molecule has 0 saturated carbocycles. The van der Waals surface area contributed by atoms with E-state index in [1.165, 1.54) is 12.1 Å². The van der Waals surface area contributed by atoms with E-state index in [9.17, 15) is 4.39 Å². The summed E-state index contributed by atoms with van der Waals surface area (Å²) in [5.74, 6) is -0.528. The summed E-state index contributed by atoms with van der Waals surface area (Å²) in [7, 11) is 0. The number of anilines is 1. The molecule has 0 aliphatic heterocycles. The van der Waals surface area contributed by atoms with Gasteiger partial charge in [-0.15, -0.1) is 0 Å². The summed E-state index contributed by atoms with van der Waals surface area (Å²) in [4.78, 5) is 0. The van der Waals surface area contributed by atoms with Crippen LogP contribution in [-0.2, 0) is 6.54 Å². The van der Waals surface area contributed by atoms with E-state index >= 15 is 0 Å². The van der Waals surface area contributed by atoms with E-state index in [-0.39, 0.29) is 5.84 Å². The van der Waals surface area contributed by atoms with Crippen LogP contribution in [0.2, 0.25) is 0 Å². The molecule has 4 nitrogen and oxygen atoms in total. The molecule has 0 atom stereocenters. The lowest BCUT2D eigenvalue weighted by Gasteiger charge is -2.13. The van der Waals surface area contributed by atoms with Crippen molar-refractivity contribution in [3.8, 4) is 0 Å². The molecule has 0 aromatic heterocycles. The number of nitrogens with one attached hydrogen (secondary N) is 1. The standard InChI is InChI=1S/C16H18FN3O/c1-10-3-4-11(2)15(7-10)19-9-12-5-6-13(17)8-14(12)16(18)20-21/h3-8,19,21H,9H2,1-2H3,(H2,18,20). The Kier molecular flexibility index (Phi) is 4.42. The minimum Gasteiger partial charge on any atom is -0.409 e. The maximum atomic E-state index is 13.3. The van der Waals surface area contributed by atoms with Gasteiger partial charge in [-0.1, -0.05) is 23.4 Å². The van der Waals surface area contributed by atoms with Crippen molar-refractivity contribution < 1.29 is 9.60 Å². The quantitative estimate of drug-likeness (QED) is 0.350. The van der Waals surface area contributed by atoms with Crippen LogP contribution in [0.3, 0.4) is 0 Å². The molecule has 0 spiro atoms. The van der Waals surface area contributed by atoms with Gasteiger partial charge in [-0.3, -0.25) is 0 Å². The molecule has 2 aromatic carbocycles. The third-order valence-corrected chi connectivity index (χ3v) is 3.32. The highest BCUT2D eigenvalue weighted by Crippen LogP contribution is 2.19. The SMILES string of the molecule is Cc1ccc(C)c(NCc2ccc(F)cc2C(N)=NO)c1. The van der Waals surface area contributed by atoms with Crippen LogP contribution in [0.25, 0.3) is 0 Å². The van der Waals surface area contributed by atoms with Gasteiger partial charge in [-0.25, -0.2) is 4.39 Å². The molecule has 0 aliphatic carbocycles. The largest absolute Gasteiger partial charge is 0.409 e. The van der Waals surface area contributed by atoms with E-state index in [0.717, 1.165) is 22.4 Å². The maximum Gasteiger partial charge on any atom is 0.170 e. The first-order valence-corrected chi connectivity index (χ1v) is 6.58. The zero-order valence-electron chi connectivity index (χ0n) is 12.0. The van der Waals surface area contributed by atoms with Gasteiger partial charge in [0.05, 0.1) is 0 Å². The Morgan fingerprint density at radius 1 is 1.24 bits per heavy atom. The van der Waals surface area contributed by atoms with Crippen molar-refractivity contribution in [1.82, 2.24) is 0 Å². The van der Waals surface area contributed by atoms with Crippen LogP contribution < -0.4 is 11.1 Å². The monoisotopic (exact) mass is 287 g/mol. The number of rotatable bonds is 4. The first-order valence-electron chi connectivity index (χ1n) is 6.58. The number of amidine groups is 1. The Bertz CT molecular complexity index is 683. The second kappa shape index (κ2) is 6.26. The lowest BCUT2D eigenvalue weighted by Crippen LogP contribution is -2.17. The van der Waals surface area contributed by atoms with Gasteiger partial charge in [-0.05, 0) is 48.7 Å². The molecule has 0 unspecified atom stereocenters. The molecule has 0 aliphatic rings. The number of hydrogen-bond acceptors (Lipinski definition) is 3. The molecule has 21 heavy (non-hydrogen) atoms. The van der Waals surface area contributed by atoms with Crippen molar-refractivity contribution in [3.05, 3.63) is 64.5 Å². The second-order valence-electron chi connectivity index (χ2n) is 4.96. The Morgan fingerprint density at radius 2 is 2.00 bits per heavy atom. The number of hydrogen-bond donors (Lipinski definition) is 3. The highest BCUT2D eigenvalue weighted by Gasteiger charge is 2.09. The van der Waals surface area contributed by atoms with E-state index in [2.05, 4.69) is 10.5 Å². The molecule has 0 bridgehead atoms. The van der Waals surface area contributed by atoms with Gasteiger partial charge in [0.2, 0.25) is 0 Å². The Labute approximate surface area is 123 Å². The second-order valence-corrected chi connectivity index (χ2v) is 4.96. The van der Waals surface area contributed by atoms with Crippen LogP contribution in [0.4, 0.5) is 10.1 Å². The molecule has 0 heterocycles. The molecule has 110 valence electrons. The average Bonchev–Trinajstić information content (AvgIpc) is 2.48. The van der Waals surface area contributed by atoms with Crippen LogP contribution in [0.5, 0.6) is 0 Å². The van der Waals surface area contributed by atoms with Crippen LogP contribution in [-0.4, -0.2) is 11.0 Å². The minimum absolute atomic E-state index is 0.104. The fraction of sp³-hybridized carbons (Fsp3) is 0.188. The third-order valence-electron chi connectivity index (χ3n) is 3.32. The van der Waals surface area contributed by atoms with E-state index in [1.807, 2.05) is 32.0 Å². The average molecular weight is 287 g/mol. The summed E-state index contributed by atoms with van der Waals surface area (Å²) in [6, 6.07) is 10.4. The highest BCUT2D eigenvalue weighted by molar-refractivity contribution is 5.98. The van der Waals surface area contributed by atoms with Gasteiger partial charge in [0, 0.05) is 17.8 Å². The molecule has 0 saturated heterocycles. The van der Waals surface area contributed by atoms with E-state index in [1.54, 1.807) is 6.07 Å². The van der Waals surface area contributed by atoms with Gasteiger partial charge in [0.15, 0.2) is 5.84 Å². The predicted molar refractivity (Wildman–Crippen MR) is 82.2 cm³/mol. The number of halogens is 1. The number of nitrogens with two attached hydrogens (primary N) is 1. The van der Waals surface area contributed by atoms with Crippen LogP contribution in [0.15, 0.2) is 41.6 Å². The topological polar surface area (TPSA) is 70.6 Å². The molecular formula is C16H18FN3O. The smallest absolute Gasteiger partial charge is 0.170 e. The van der Waals surface area contributed by atoms with Crippen molar-refractivity contribution in [1.29, 1.82) is 0 Å². The summed E-state index contributed by atoms with van der Waals surface area (Å²) in [5.41, 5.74) is 10.0. The minimum atomic E-state index is -0.424. The van der Waals surface area contributed by atoms with Gasteiger partial charge in [0.1, 0.15) is 5.82 Å². The first kappa shape index (κ1) is 14.8. The predicted octanol–water partition coefficient (Wildman–Crippen LogP) is 3.15. The van der Waals surface area contributed by atoms with Gasteiger partial charge >= 0.3 is 0 Å². The van der Waals surface area contributed by atoms with Crippen molar-refractivity contribution >= 4 is 11.5 Å². The molecule has 0 amide bonds. The van der Waals surface area contributed by atoms with Gasteiger partial charge in [-0.2, -0.15) is 0 Å². The van der Waals surface area contributed by atoms with Crippen molar-refractivity contribution in [2.24, 2.45) is 10.9 Å². The fourth-order valence-electron chi connectivity index (χ4n) is 2.11. The summed E-state index contributed by atoms with van der Waals surface area (Å²) in [6.07, 6.45) is 0. The van der Waals surface area contributed by atoms with Gasteiger partial charge < -0.3 is 16.3 Å². The summed E-state index contributed by atoms with van der Waals surface area (Å²) < 4.78 is 13.3. The van der Waals surface area contributed by atoms with Gasteiger partial charge in [0.25, 0.3) is 0 Å². The molecule has 0 fully saturated rings. The zero-order chi connectivity index (χ0) is 15.4. The summed E-state index contributed by atoms with van der Waals surface area (Å²) in [5, 5.41) is 15.0. The normalized spacial score (nSPS) is 11.5. The van der Waals surface area contributed by atoms with Crippen molar-refractivity contribution in [2.75, 3.05) is 5.32 Å². The van der Waals surface area contributed by atoms with Crippen LogP contribution in [0, 0.1) is 19.7 Å². The van der Waals surface area contributed by atoms with E-state index < -0.39 is 5.82 Å². The number of oxime groups is 1. The van der Waals surface area contributed by atoms with Crippen molar-refractivity contribution in [3.63, 3.8) is 0 Å². The molecule has 2 rings (SSSR count). The highest BCUT2D eigenvalue weighted by atomic mass is 19.1. The Hall–Kier alpha value is -2.56. The summed E-state index contributed by atoms with van der Waals surface area (Å²) >= 11 is 0. The number of aryl methyl sites for hydroxylation is 2. The maximum absolute atomic E-state index is 13.3. The first-order chi connectivity index (χ1) is 10.0. The number of nitrogens with zero attached hydrogens (tertiary/aromatic N) is 1. The van der Waals surface area contributed by atoms with E-state index in [4.69, 9.17) is 10.9 Å². The lowest BCUT2D eigenvalue weighted by atomic mass is 10.1. The molecule has 5 heteroatoms. The lowest BCUT2D eigenvalue weighted by molar-refractivity contribution is 0.318. The Balaban J connectivity index is 2.26.